The first-order valence-electron chi connectivity index (χ1n) is 18.1. The molecule has 0 amide bonds. The average molecular weight is 713 g/mol. The zero-order valence-electron chi connectivity index (χ0n) is 30.7. The second-order valence-corrected chi connectivity index (χ2v) is 13.2. The van der Waals surface area contributed by atoms with Gasteiger partial charge in [0, 0.05) is 44.3 Å². The number of hydrogen-bond donors (Lipinski definition) is 2. The summed E-state index contributed by atoms with van der Waals surface area (Å²) in [4.78, 5) is 30.6. The molecular formula is C46H40N4O4. The third-order valence-electron chi connectivity index (χ3n) is 9.95. The summed E-state index contributed by atoms with van der Waals surface area (Å²) >= 11 is 0. The van der Waals surface area contributed by atoms with Crippen LogP contribution >= 0.6 is 0 Å². The Morgan fingerprint density at radius 3 is 1.57 bits per heavy atom. The number of carbonyl (C=O) groups excluding carboxylic acids is 1. The number of unbranched alkanes of at least 4 members (excludes halogenated alkanes) is 1. The molecule has 6 aromatic rings. The van der Waals surface area contributed by atoms with Crippen molar-refractivity contribution in [3.8, 4) is 44.9 Å². The van der Waals surface area contributed by atoms with E-state index in [1.807, 2.05) is 48.5 Å². The van der Waals surface area contributed by atoms with Gasteiger partial charge < -0.3 is 24.2 Å². The van der Waals surface area contributed by atoms with Crippen molar-refractivity contribution in [2.75, 3.05) is 21.3 Å². The molecule has 268 valence electrons. The summed E-state index contributed by atoms with van der Waals surface area (Å²) in [7, 11) is 4.75. The summed E-state index contributed by atoms with van der Waals surface area (Å²) in [5.41, 5.74) is 14.3. The third-order valence-corrected chi connectivity index (χ3v) is 9.95. The van der Waals surface area contributed by atoms with Crippen LogP contribution in [0.15, 0.2) is 97.1 Å². The summed E-state index contributed by atoms with van der Waals surface area (Å²) in [5, 5.41) is 0. The maximum atomic E-state index is 12.4. The number of H-pyrrole nitrogens is 2. The highest BCUT2D eigenvalue weighted by Crippen LogP contribution is 2.38. The Hall–Kier alpha value is -6.67. The Kier molecular flexibility index (Phi) is 9.40. The summed E-state index contributed by atoms with van der Waals surface area (Å²) in [6.07, 6.45) is 11.3. The van der Waals surface area contributed by atoms with Gasteiger partial charge >= 0.3 is 5.97 Å². The number of hydrogen-bond acceptors (Lipinski definition) is 6. The molecule has 2 aliphatic rings. The first-order chi connectivity index (χ1) is 26.5. The molecule has 0 atom stereocenters. The summed E-state index contributed by atoms with van der Waals surface area (Å²) in [6, 6.07) is 32.0. The van der Waals surface area contributed by atoms with Crippen molar-refractivity contribution in [3.05, 3.63) is 131 Å². The van der Waals surface area contributed by atoms with E-state index in [0.717, 1.165) is 115 Å². The second kappa shape index (κ2) is 14.8. The fourth-order valence-corrected chi connectivity index (χ4v) is 7.24. The zero-order valence-corrected chi connectivity index (χ0v) is 30.7. The van der Waals surface area contributed by atoms with Gasteiger partial charge in [0.15, 0.2) is 0 Å². The van der Waals surface area contributed by atoms with Gasteiger partial charge in [0.2, 0.25) is 0 Å². The van der Waals surface area contributed by atoms with Crippen molar-refractivity contribution in [1.82, 2.24) is 19.9 Å². The number of fused-ring (bicyclic) bond motifs is 8. The predicted octanol–water partition coefficient (Wildman–Crippen LogP) is 10.8. The minimum absolute atomic E-state index is 0.391. The van der Waals surface area contributed by atoms with E-state index in [1.165, 1.54) is 7.11 Å². The minimum Gasteiger partial charge on any atom is -0.497 e. The molecule has 5 heterocycles. The van der Waals surface area contributed by atoms with E-state index in [9.17, 15) is 4.79 Å². The Bertz CT molecular complexity index is 2580. The Morgan fingerprint density at radius 1 is 0.574 bits per heavy atom. The number of methoxy groups -OCH3 is 3. The van der Waals surface area contributed by atoms with Gasteiger partial charge in [0.05, 0.1) is 49.7 Å². The van der Waals surface area contributed by atoms with Crippen molar-refractivity contribution in [2.45, 2.75) is 26.2 Å². The fraction of sp³-hybridized carbons (Fsp3) is 0.152. The van der Waals surface area contributed by atoms with Crippen LogP contribution in [0.2, 0.25) is 0 Å². The molecule has 8 bridgehead atoms. The first-order valence-corrected chi connectivity index (χ1v) is 18.1. The van der Waals surface area contributed by atoms with Gasteiger partial charge in [0.1, 0.15) is 11.5 Å². The van der Waals surface area contributed by atoms with Crippen LogP contribution in [0, 0.1) is 0 Å². The van der Waals surface area contributed by atoms with Crippen LogP contribution in [0.3, 0.4) is 0 Å². The molecule has 54 heavy (non-hydrogen) atoms. The van der Waals surface area contributed by atoms with Crippen molar-refractivity contribution in [1.29, 1.82) is 0 Å². The summed E-state index contributed by atoms with van der Waals surface area (Å²) in [5.74, 6) is 1.13. The quantitative estimate of drug-likeness (QED) is 0.144. The van der Waals surface area contributed by atoms with Crippen LogP contribution in [-0.4, -0.2) is 47.2 Å². The summed E-state index contributed by atoms with van der Waals surface area (Å²) in [6.45, 7) is 2.21. The van der Waals surface area contributed by atoms with E-state index in [-0.39, 0.29) is 0 Å². The van der Waals surface area contributed by atoms with Gasteiger partial charge in [-0.2, -0.15) is 0 Å². The maximum absolute atomic E-state index is 12.4. The van der Waals surface area contributed by atoms with Crippen LogP contribution in [0.5, 0.6) is 11.5 Å². The smallest absolute Gasteiger partial charge is 0.337 e. The average Bonchev–Trinajstić information content (AvgIpc) is 4.06. The largest absolute Gasteiger partial charge is 0.497 e. The SMILES string of the molecule is CCCCc1c2nc(c(-c3cccc(OC)c3)c3ccc([nH]3)c(-c3ccc(C(=O)OC)cc3)c3nc(c(-c4cccc(OC)c4)c4ccc1[nH]4)C=C3)C=C2. The number of nitrogens with one attached hydrogen (secondary N) is 2. The molecule has 0 radical (unpaired) electrons. The molecule has 0 saturated carbocycles. The lowest BCUT2D eigenvalue weighted by Gasteiger charge is -2.08. The highest BCUT2D eigenvalue weighted by molar-refractivity contribution is 5.98. The van der Waals surface area contributed by atoms with Crippen LogP contribution in [0.1, 0.15) is 58.5 Å². The van der Waals surface area contributed by atoms with Crippen molar-refractivity contribution >= 4 is 52.3 Å². The number of nitrogens with zero attached hydrogens (tertiary/aromatic N) is 2. The van der Waals surface area contributed by atoms with Crippen LogP contribution in [0.4, 0.5) is 0 Å². The van der Waals surface area contributed by atoms with Crippen LogP contribution < -0.4 is 9.47 Å². The van der Waals surface area contributed by atoms with Gasteiger partial charge in [-0.1, -0.05) is 49.7 Å². The lowest BCUT2D eigenvalue weighted by atomic mass is 10.0. The molecule has 8 nitrogen and oxygen atoms in total. The molecule has 0 unspecified atom stereocenters. The van der Waals surface area contributed by atoms with E-state index < -0.39 is 5.97 Å². The Labute approximate surface area is 313 Å². The molecule has 0 fully saturated rings. The van der Waals surface area contributed by atoms with Crippen molar-refractivity contribution < 1.29 is 19.0 Å². The number of esters is 1. The molecule has 0 spiro atoms. The highest BCUT2D eigenvalue weighted by atomic mass is 16.5. The topological polar surface area (TPSA) is 102 Å². The normalized spacial score (nSPS) is 11.9. The molecule has 3 aromatic heterocycles. The minimum atomic E-state index is -0.391. The van der Waals surface area contributed by atoms with E-state index in [2.05, 4.69) is 77.6 Å². The predicted molar refractivity (Wildman–Crippen MR) is 218 cm³/mol. The van der Waals surface area contributed by atoms with Gasteiger partial charge in [-0.15, -0.1) is 0 Å². The molecular weight excluding hydrogens is 673 g/mol. The Balaban J connectivity index is 1.52. The van der Waals surface area contributed by atoms with Gasteiger partial charge in [0.25, 0.3) is 0 Å². The molecule has 8 rings (SSSR count). The Morgan fingerprint density at radius 2 is 1.06 bits per heavy atom. The lowest BCUT2D eigenvalue weighted by Crippen LogP contribution is -2.00. The van der Waals surface area contributed by atoms with E-state index in [0.29, 0.717) is 5.56 Å². The second-order valence-electron chi connectivity index (χ2n) is 13.2. The molecule has 8 heteroatoms. The van der Waals surface area contributed by atoms with Crippen molar-refractivity contribution in [2.24, 2.45) is 0 Å². The lowest BCUT2D eigenvalue weighted by molar-refractivity contribution is 0.0600. The molecule has 2 N–H and O–H groups in total. The zero-order chi connectivity index (χ0) is 37.2. The van der Waals surface area contributed by atoms with E-state index in [1.54, 1.807) is 26.4 Å². The number of carbonyl (C=O) groups is 1. The number of aromatic amines is 2. The summed E-state index contributed by atoms with van der Waals surface area (Å²) < 4.78 is 16.3. The maximum Gasteiger partial charge on any atom is 0.337 e. The first kappa shape index (κ1) is 34.4. The fourth-order valence-electron chi connectivity index (χ4n) is 7.24. The standard InChI is InChI=1S/C46H40N4O4/c1-5-6-13-34-35-18-20-39(47-35)44(30-9-7-11-32(26-30)52-2)41-24-22-37(49-41)43(28-14-16-29(17-15-28)46(51)54-4)38-23-25-42(50-38)45(40-21-19-36(34)48-40)31-10-8-12-33(27-31)53-3/h7-12,14-27,47,50H,5-6,13H2,1-4H3. The van der Waals surface area contributed by atoms with Gasteiger partial charge in [-0.05, 0) is 114 Å². The van der Waals surface area contributed by atoms with Crippen molar-refractivity contribution in [3.63, 3.8) is 0 Å². The highest BCUT2D eigenvalue weighted by Gasteiger charge is 2.19. The molecule has 0 saturated heterocycles. The number of aromatic nitrogens is 4. The molecule has 3 aromatic carbocycles. The van der Waals surface area contributed by atoms with Crippen LogP contribution in [0.25, 0.3) is 79.8 Å². The van der Waals surface area contributed by atoms with Gasteiger partial charge in [-0.3, -0.25) is 0 Å². The number of benzene rings is 3. The number of aryl methyl sites for hydroxylation is 1. The molecule has 2 aliphatic heterocycles. The van der Waals surface area contributed by atoms with E-state index in [4.69, 9.17) is 24.2 Å². The third kappa shape index (κ3) is 6.47. The van der Waals surface area contributed by atoms with Gasteiger partial charge in [-0.25, -0.2) is 14.8 Å². The number of ether oxygens (including phenoxy) is 3. The van der Waals surface area contributed by atoms with Crippen LogP contribution in [-0.2, 0) is 11.2 Å². The molecule has 0 aliphatic carbocycles. The van der Waals surface area contributed by atoms with E-state index >= 15 is 0 Å². The monoisotopic (exact) mass is 712 g/mol. The number of rotatable bonds is 9.